The molecule has 1 aromatic heterocycles. The van der Waals surface area contributed by atoms with Crippen molar-refractivity contribution in [2.24, 2.45) is 0 Å². The predicted octanol–water partition coefficient (Wildman–Crippen LogP) is 3.55. The number of carbonyl (C=O) groups is 1. The highest BCUT2D eigenvalue weighted by atomic mass is 19.1. The Morgan fingerprint density at radius 1 is 1.27 bits per heavy atom. The first-order valence-corrected chi connectivity index (χ1v) is 10.1. The number of rotatable bonds is 6. The first kappa shape index (κ1) is 19.9. The summed E-state index contributed by atoms with van der Waals surface area (Å²) < 4.78 is 19.0. The summed E-state index contributed by atoms with van der Waals surface area (Å²) >= 11 is 0. The SMILES string of the molecule is COc1ccc(-c2cc(N3CCC[C@@H](NC(=O)Cc4ccccc4F)C3)n[nH]2)cc1. The fourth-order valence-electron chi connectivity index (χ4n) is 3.79. The zero-order chi connectivity index (χ0) is 20.9. The maximum absolute atomic E-state index is 13.8. The maximum atomic E-state index is 13.8. The third kappa shape index (κ3) is 4.62. The van der Waals surface area contributed by atoms with Gasteiger partial charge in [-0.05, 0) is 54.3 Å². The normalized spacial score (nSPS) is 16.3. The van der Waals surface area contributed by atoms with Crippen molar-refractivity contribution in [3.8, 4) is 17.0 Å². The third-order valence-electron chi connectivity index (χ3n) is 5.38. The number of halogens is 1. The van der Waals surface area contributed by atoms with Gasteiger partial charge in [-0.15, -0.1) is 0 Å². The largest absolute Gasteiger partial charge is 0.497 e. The Morgan fingerprint density at radius 3 is 2.83 bits per heavy atom. The van der Waals surface area contributed by atoms with Crippen LogP contribution in [0.1, 0.15) is 18.4 Å². The zero-order valence-electron chi connectivity index (χ0n) is 16.9. The van der Waals surface area contributed by atoms with E-state index in [9.17, 15) is 9.18 Å². The summed E-state index contributed by atoms with van der Waals surface area (Å²) in [6.07, 6.45) is 1.90. The first-order valence-electron chi connectivity index (χ1n) is 10.1. The van der Waals surface area contributed by atoms with Crippen LogP contribution >= 0.6 is 0 Å². The second-order valence-electron chi connectivity index (χ2n) is 7.49. The van der Waals surface area contributed by atoms with Gasteiger partial charge in [0.15, 0.2) is 5.82 Å². The molecule has 6 nitrogen and oxygen atoms in total. The van der Waals surface area contributed by atoms with Gasteiger partial charge in [0.2, 0.25) is 5.91 Å². The van der Waals surface area contributed by atoms with Gasteiger partial charge in [0.25, 0.3) is 0 Å². The summed E-state index contributed by atoms with van der Waals surface area (Å²) in [5.74, 6) is 1.16. The second kappa shape index (κ2) is 8.98. The Labute approximate surface area is 175 Å². The van der Waals surface area contributed by atoms with Gasteiger partial charge in [0.05, 0.1) is 19.2 Å². The Hall–Kier alpha value is -3.35. The van der Waals surface area contributed by atoms with E-state index in [-0.39, 0.29) is 24.2 Å². The van der Waals surface area contributed by atoms with Crippen LogP contribution in [0.4, 0.5) is 10.2 Å². The number of carbonyl (C=O) groups excluding carboxylic acids is 1. The molecule has 2 aromatic carbocycles. The van der Waals surface area contributed by atoms with Crippen LogP contribution in [0.5, 0.6) is 5.75 Å². The number of nitrogens with one attached hydrogen (secondary N) is 2. The molecule has 0 unspecified atom stereocenters. The monoisotopic (exact) mass is 408 g/mol. The Morgan fingerprint density at radius 2 is 2.07 bits per heavy atom. The maximum Gasteiger partial charge on any atom is 0.224 e. The summed E-state index contributed by atoms with van der Waals surface area (Å²) in [5, 5.41) is 10.6. The van der Waals surface area contributed by atoms with E-state index >= 15 is 0 Å². The van der Waals surface area contributed by atoms with Crippen LogP contribution in [0.3, 0.4) is 0 Å². The number of benzene rings is 2. The van der Waals surface area contributed by atoms with Crippen molar-refractivity contribution in [2.45, 2.75) is 25.3 Å². The van der Waals surface area contributed by atoms with Crippen molar-refractivity contribution in [1.29, 1.82) is 0 Å². The van der Waals surface area contributed by atoms with Gasteiger partial charge in [-0.3, -0.25) is 9.89 Å². The summed E-state index contributed by atoms with van der Waals surface area (Å²) in [7, 11) is 1.64. The van der Waals surface area contributed by atoms with Gasteiger partial charge >= 0.3 is 0 Å². The first-order chi connectivity index (χ1) is 14.6. The van der Waals surface area contributed by atoms with Crippen molar-refractivity contribution < 1.29 is 13.9 Å². The number of nitrogens with zero attached hydrogens (tertiary/aromatic N) is 2. The molecule has 3 aromatic rings. The lowest BCUT2D eigenvalue weighted by Gasteiger charge is -2.33. The van der Waals surface area contributed by atoms with E-state index in [1.54, 1.807) is 25.3 Å². The van der Waals surface area contributed by atoms with Crippen LogP contribution in [0.2, 0.25) is 0 Å². The van der Waals surface area contributed by atoms with Gasteiger partial charge in [-0.1, -0.05) is 18.2 Å². The fraction of sp³-hybridized carbons (Fsp3) is 0.304. The van der Waals surface area contributed by atoms with Gasteiger partial charge < -0.3 is 15.0 Å². The number of hydrogen-bond donors (Lipinski definition) is 2. The standard InChI is InChI=1S/C23H25FN4O2/c1-30-19-10-8-16(9-11-19)21-14-22(27-26-21)28-12-4-6-18(15-28)25-23(29)13-17-5-2-3-7-20(17)24/h2-3,5,7-11,14,18H,4,6,12-13,15H2,1H3,(H,25,29)(H,26,27)/t18-/m1/s1. The van der Waals surface area contributed by atoms with Crippen LogP contribution in [0.25, 0.3) is 11.3 Å². The van der Waals surface area contributed by atoms with Crippen LogP contribution in [-0.4, -0.2) is 42.3 Å². The molecule has 2 N–H and O–H groups in total. The molecule has 0 aliphatic carbocycles. The van der Waals surface area contributed by atoms with E-state index in [4.69, 9.17) is 4.74 Å². The highest BCUT2D eigenvalue weighted by molar-refractivity contribution is 5.79. The van der Waals surface area contributed by atoms with Crippen molar-refractivity contribution in [3.63, 3.8) is 0 Å². The molecule has 1 fully saturated rings. The molecule has 0 spiro atoms. The van der Waals surface area contributed by atoms with Gasteiger partial charge in [-0.2, -0.15) is 5.10 Å². The minimum Gasteiger partial charge on any atom is -0.497 e. The molecule has 1 aliphatic heterocycles. The highest BCUT2D eigenvalue weighted by Gasteiger charge is 2.23. The molecule has 7 heteroatoms. The van der Waals surface area contributed by atoms with E-state index in [1.165, 1.54) is 6.07 Å². The van der Waals surface area contributed by atoms with E-state index in [2.05, 4.69) is 20.4 Å². The van der Waals surface area contributed by atoms with Crippen molar-refractivity contribution in [1.82, 2.24) is 15.5 Å². The summed E-state index contributed by atoms with van der Waals surface area (Å²) in [6.45, 7) is 1.56. The molecule has 1 amide bonds. The number of H-pyrrole nitrogens is 1. The number of piperidine rings is 1. The van der Waals surface area contributed by atoms with Crippen molar-refractivity contribution in [3.05, 3.63) is 66.0 Å². The van der Waals surface area contributed by atoms with E-state index < -0.39 is 0 Å². The molecule has 1 atom stereocenters. The zero-order valence-corrected chi connectivity index (χ0v) is 16.9. The highest BCUT2D eigenvalue weighted by Crippen LogP contribution is 2.25. The summed E-state index contributed by atoms with van der Waals surface area (Å²) in [6, 6.07) is 16.2. The molecule has 30 heavy (non-hydrogen) atoms. The van der Waals surface area contributed by atoms with Gasteiger partial charge in [0.1, 0.15) is 11.6 Å². The van der Waals surface area contributed by atoms with Crippen molar-refractivity contribution in [2.75, 3.05) is 25.1 Å². The lowest BCUT2D eigenvalue weighted by atomic mass is 10.0. The van der Waals surface area contributed by atoms with Crippen LogP contribution in [0, 0.1) is 5.82 Å². The fourth-order valence-corrected chi connectivity index (χ4v) is 3.79. The average molecular weight is 408 g/mol. The number of methoxy groups -OCH3 is 1. The minimum atomic E-state index is -0.347. The molecular weight excluding hydrogens is 383 g/mol. The lowest BCUT2D eigenvalue weighted by molar-refractivity contribution is -0.121. The Balaban J connectivity index is 1.37. The number of aromatic nitrogens is 2. The molecule has 1 saturated heterocycles. The molecule has 1 aliphatic rings. The lowest BCUT2D eigenvalue weighted by Crippen LogP contribution is -2.48. The summed E-state index contributed by atoms with van der Waals surface area (Å²) in [5.41, 5.74) is 2.37. The smallest absolute Gasteiger partial charge is 0.224 e. The second-order valence-corrected chi connectivity index (χ2v) is 7.49. The topological polar surface area (TPSA) is 70.2 Å². The third-order valence-corrected chi connectivity index (χ3v) is 5.38. The van der Waals surface area contributed by atoms with Crippen LogP contribution in [0.15, 0.2) is 54.6 Å². The Kier molecular flexibility index (Phi) is 5.97. The van der Waals surface area contributed by atoms with E-state index in [0.29, 0.717) is 12.1 Å². The predicted molar refractivity (Wildman–Crippen MR) is 114 cm³/mol. The molecule has 4 rings (SSSR count). The van der Waals surface area contributed by atoms with E-state index in [1.807, 2.05) is 30.3 Å². The number of amides is 1. The number of anilines is 1. The molecule has 0 saturated carbocycles. The number of aromatic amines is 1. The molecule has 0 radical (unpaired) electrons. The Bertz CT molecular complexity index is 1000. The molecular formula is C23H25FN4O2. The van der Waals surface area contributed by atoms with Crippen LogP contribution < -0.4 is 15.0 Å². The molecule has 0 bridgehead atoms. The quantitative estimate of drug-likeness (QED) is 0.654. The van der Waals surface area contributed by atoms with Gasteiger partial charge in [0, 0.05) is 25.2 Å². The average Bonchev–Trinajstić information content (AvgIpc) is 3.26. The molecule has 156 valence electrons. The van der Waals surface area contributed by atoms with E-state index in [0.717, 1.165) is 42.2 Å². The minimum absolute atomic E-state index is 0.0131. The molecule has 2 heterocycles. The van der Waals surface area contributed by atoms with Crippen molar-refractivity contribution >= 4 is 11.7 Å². The number of ether oxygens (including phenoxy) is 1. The summed E-state index contributed by atoms with van der Waals surface area (Å²) in [4.78, 5) is 14.6. The number of hydrogen-bond acceptors (Lipinski definition) is 4. The van der Waals surface area contributed by atoms with Gasteiger partial charge in [-0.25, -0.2) is 4.39 Å². The van der Waals surface area contributed by atoms with Crippen LogP contribution in [-0.2, 0) is 11.2 Å².